The second-order valence-corrected chi connectivity index (χ2v) is 1.81. The van der Waals surface area contributed by atoms with Gasteiger partial charge in [-0.25, -0.2) is 4.39 Å². The van der Waals surface area contributed by atoms with Gasteiger partial charge in [0.1, 0.15) is 0 Å². The summed E-state index contributed by atoms with van der Waals surface area (Å²) in [5.74, 6) is -1.90. The number of halogens is 2. The van der Waals surface area contributed by atoms with E-state index >= 15 is 0 Å². The summed E-state index contributed by atoms with van der Waals surface area (Å²) in [5.41, 5.74) is 0.249. The van der Waals surface area contributed by atoms with E-state index in [0.717, 1.165) is 12.1 Å². The first-order valence-corrected chi connectivity index (χ1v) is 2.70. The molecule has 11 heavy (non-hydrogen) atoms. The number of aliphatic hydroxyl groups is 1. The van der Waals surface area contributed by atoms with Crippen LogP contribution in [0, 0.1) is 17.7 Å². The molecule has 0 heterocycles. The molecule has 1 radical (unpaired) electrons. The predicted octanol–water partition coefficient (Wildman–Crippen LogP) is 1.25. The molecule has 0 spiro atoms. The minimum atomic E-state index is -0.956. The fourth-order valence-corrected chi connectivity index (χ4v) is 0.580. The Hall–Kier alpha value is 0.144. The van der Waals surface area contributed by atoms with Crippen LogP contribution in [-0.2, 0) is 39.3 Å². The normalized spacial score (nSPS) is 9.00. The first-order chi connectivity index (χ1) is 4.74. The minimum absolute atomic E-state index is 0. The molecule has 0 saturated heterocycles. The van der Waals surface area contributed by atoms with E-state index in [9.17, 15) is 8.78 Å². The van der Waals surface area contributed by atoms with Gasteiger partial charge in [-0.2, -0.15) is 6.07 Å². The molecule has 4 heteroatoms. The smallest absolute Gasteiger partial charge is 0.0497 e. The second kappa shape index (κ2) is 4.91. The van der Waals surface area contributed by atoms with E-state index in [1.54, 1.807) is 0 Å². The molecule has 1 aromatic rings. The Morgan fingerprint density at radius 1 is 1.36 bits per heavy atom. The van der Waals surface area contributed by atoms with Crippen molar-refractivity contribution in [1.82, 2.24) is 0 Å². The minimum Gasteiger partial charge on any atom is -0.394 e. The van der Waals surface area contributed by atoms with Gasteiger partial charge in [0.15, 0.2) is 0 Å². The van der Waals surface area contributed by atoms with Gasteiger partial charge in [-0.3, -0.25) is 4.39 Å². The molecule has 0 aliphatic rings. The largest absolute Gasteiger partial charge is 0.394 e. The molecule has 0 atom stereocenters. The van der Waals surface area contributed by atoms with Crippen molar-refractivity contribution >= 4 is 0 Å². The van der Waals surface area contributed by atoms with E-state index in [1.807, 2.05) is 0 Å². The molecule has 0 fully saturated rings. The fraction of sp³-hybridized carbons (Fsp3) is 0.143. The van der Waals surface area contributed by atoms with E-state index in [0.29, 0.717) is 0 Å². The summed E-state index contributed by atoms with van der Waals surface area (Å²) in [5, 5.41) is 8.43. The van der Waals surface area contributed by atoms with Crippen LogP contribution < -0.4 is 0 Å². The summed E-state index contributed by atoms with van der Waals surface area (Å²) in [6.07, 6.45) is 0. The molecule has 1 rings (SSSR count). The zero-order valence-electron chi connectivity index (χ0n) is 5.64. The van der Waals surface area contributed by atoms with Gasteiger partial charge in [-0.1, -0.05) is 0 Å². The molecule has 1 nitrogen and oxygen atoms in total. The zero-order valence-corrected chi connectivity index (χ0v) is 8.48. The summed E-state index contributed by atoms with van der Waals surface area (Å²) in [4.78, 5) is 0. The van der Waals surface area contributed by atoms with Crippen LogP contribution in [0.5, 0.6) is 0 Å². The maximum atomic E-state index is 12.3. The van der Waals surface area contributed by atoms with Crippen molar-refractivity contribution in [1.29, 1.82) is 0 Å². The van der Waals surface area contributed by atoms with Crippen molar-refractivity contribution in [3.05, 3.63) is 35.4 Å². The van der Waals surface area contributed by atoms with Crippen molar-refractivity contribution < 1.29 is 46.6 Å². The van der Waals surface area contributed by atoms with Gasteiger partial charge < -0.3 is 5.11 Å². The molecular weight excluding hydrogens is 227 g/mol. The summed E-state index contributed by atoms with van der Waals surface area (Å²) in [6, 6.07) is 4.14. The maximum Gasteiger partial charge on any atom is 0.0497 e. The van der Waals surface area contributed by atoms with Gasteiger partial charge in [-0.05, 0) is 0 Å². The summed E-state index contributed by atoms with van der Waals surface area (Å²) in [6.45, 7) is -0.322. The van der Waals surface area contributed by atoms with Gasteiger partial charge in [0.05, 0.1) is 0 Å². The Labute approximate surface area is 88.3 Å². The van der Waals surface area contributed by atoms with Crippen LogP contribution in [0.3, 0.4) is 0 Å². The molecular formula is C7H5F2OY-. The van der Waals surface area contributed by atoms with E-state index in [-0.39, 0.29) is 44.9 Å². The van der Waals surface area contributed by atoms with Crippen molar-refractivity contribution in [3.63, 3.8) is 0 Å². The molecule has 1 N–H and O–H groups in total. The van der Waals surface area contributed by atoms with Crippen LogP contribution in [0.1, 0.15) is 5.56 Å². The van der Waals surface area contributed by atoms with E-state index in [2.05, 4.69) is 6.07 Å². The number of benzene rings is 1. The van der Waals surface area contributed by atoms with Crippen molar-refractivity contribution in [2.75, 3.05) is 0 Å². The molecule has 0 aromatic heterocycles. The van der Waals surface area contributed by atoms with Crippen LogP contribution in [0.2, 0.25) is 0 Å². The number of hydrogen-bond acceptors (Lipinski definition) is 1. The molecule has 0 amide bonds. The first kappa shape index (κ1) is 11.1. The summed E-state index contributed by atoms with van der Waals surface area (Å²) in [7, 11) is 0. The Morgan fingerprint density at radius 3 is 2.45 bits per heavy atom. The molecule has 1 aromatic carbocycles. The van der Waals surface area contributed by atoms with Gasteiger partial charge >= 0.3 is 0 Å². The van der Waals surface area contributed by atoms with Gasteiger partial charge in [0.25, 0.3) is 0 Å². The molecule has 0 unspecified atom stereocenters. The van der Waals surface area contributed by atoms with E-state index < -0.39 is 11.6 Å². The topological polar surface area (TPSA) is 20.2 Å². The van der Waals surface area contributed by atoms with Crippen LogP contribution in [0.15, 0.2) is 12.1 Å². The second-order valence-electron chi connectivity index (χ2n) is 1.81. The standard InChI is InChI=1S/C7H5F2O.Y/c8-6-2-1-5(4-10)3-7(6)9;/h2-3,10H,4H2;/q-1;. The Balaban J connectivity index is 0.000001000. The van der Waals surface area contributed by atoms with Gasteiger partial charge in [0.2, 0.25) is 0 Å². The summed E-state index contributed by atoms with van der Waals surface area (Å²) >= 11 is 0. The van der Waals surface area contributed by atoms with E-state index in [4.69, 9.17) is 5.11 Å². The average Bonchev–Trinajstić information content (AvgIpc) is 1.95. The SMILES string of the molecule is OCc1[c-]cc(F)c(F)c1.[Y]. The monoisotopic (exact) mass is 232 g/mol. The third-order valence-corrected chi connectivity index (χ3v) is 1.08. The average molecular weight is 232 g/mol. The van der Waals surface area contributed by atoms with Crippen LogP contribution in [0.25, 0.3) is 0 Å². The van der Waals surface area contributed by atoms with Gasteiger partial charge in [-0.15, -0.1) is 17.7 Å². The number of hydrogen-bond donors (Lipinski definition) is 1. The Morgan fingerprint density at radius 2 is 2.00 bits per heavy atom. The quantitative estimate of drug-likeness (QED) is 0.722. The molecule has 57 valence electrons. The number of aliphatic hydroxyl groups excluding tert-OH is 1. The van der Waals surface area contributed by atoms with Gasteiger partial charge in [0, 0.05) is 51.0 Å². The van der Waals surface area contributed by atoms with Crippen LogP contribution in [0.4, 0.5) is 8.78 Å². The van der Waals surface area contributed by atoms with E-state index in [1.165, 1.54) is 0 Å². The van der Waals surface area contributed by atoms with Crippen LogP contribution in [-0.4, -0.2) is 5.11 Å². The fourth-order valence-electron chi connectivity index (χ4n) is 0.580. The third-order valence-electron chi connectivity index (χ3n) is 1.08. The molecule has 0 aliphatic carbocycles. The Kier molecular flexibility index (Phi) is 4.97. The Bertz CT molecular complexity index is 240. The molecule has 0 bridgehead atoms. The zero-order chi connectivity index (χ0) is 7.56. The molecule has 0 aliphatic heterocycles. The van der Waals surface area contributed by atoms with Crippen molar-refractivity contribution in [2.24, 2.45) is 0 Å². The van der Waals surface area contributed by atoms with Crippen molar-refractivity contribution in [3.8, 4) is 0 Å². The third kappa shape index (κ3) is 2.93. The van der Waals surface area contributed by atoms with Crippen LogP contribution >= 0.6 is 0 Å². The summed E-state index contributed by atoms with van der Waals surface area (Å²) < 4.78 is 24.4. The first-order valence-electron chi connectivity index (χ1n) is 2.70. The maximum absolute atomic E-state index is 12.3. The molecule has 0 saturated carbocycles. The predicted molar refractivity (Wildman–Crippen MR) is 31.1 cm³/mol. The van der Waals surface area contributed by atoms with Crippen molar-refractivity contribution in [2.45, 2.75) is 6.61 Å². The number of rotatable bonds is 1.